The van der Waals surface area contributed by atoms with E-state index in [2.05, 4.69) is 14.9 Å². The molecule has 5 rings (SSSR count). The summed E-state index contributed by atoms with van der Waals surface area (Å²) in [5.74, 6) is 0.249. The highest BCUT2D eigenvalue weighted by molar-refractivity contribution is 6.42. The van der Waals surface area contributed by atoms with E-state index in [9.17, 15) is 14.4 Å². The van der Waals surface area contributed by atoms with Gasteiger partial charge in [-0.25, -0.2) is 14.8 Å². The summed E-state index contributed by atoms with van der Waals surface area (Å²) < 4.78 is 2.75. The molecule has 0 N–H and O–H groups in total. The Hall–Kier alpha value is -3.21. The lowest BCUT2D eigenvalue weighted by Gasteiger charge is -2.43. The summed E-state index contributed by atoms with van der Waals surface area (Å²) in [4.78, 5) is 50.4. The van der Waals surface area contributed by atoms with Gasteiger partial charge < -0.3 is 14.7 Å². The molecule has 0 radical (unpaired) electrons. The van der Waals surface area contributed by atoms with E-state index >= 15 is 0 Å². The lowest BCUT2D eigenvalue weighted by Crippen LogP contribution is -2.59. The summed E-state index contributed by atoms with van der Waals surface area (Å²) in [5.41, 5.74) is 0.862. The number of piperazine rings is 1. The van der Waals surface area contributed by atoms with Crippen molar-refractivity contribution in [2.24, 2.45) is 0 Å². The second kappa shape index (κ2) is 13.7. The number of carbonyl (C=O) groups is 3. The van der Waals surface area contributed by atoms with Crippen LogP contribution in [0.25, 0.3) is 0 Å². The van der Waals surface area contributed by atoms with Crippen LogP contribution in [-0.4, -0.2) is 97.0 Å². The zero-order valence-electron chi connectivity index (χ0n) is 22.0. The fourth-order valence-corrected chi connectivity index (χ4v) is 5.18. The summed E-state index contributed by atoms with van der Waals surface area (Å²) in [5, 5.41) is 0.959. The zero-order chi connectivity index (χ0) is 27.8. The average Bonchev–Trinajstić information content (AvgIpc) is 3.74. The predicted octanol–water partition coefficient (Wildman–Crippen LogP) is 3.68. The van der Waals surface area contributed by atoms with Crippen LogP contribution >= 0.6 is 23.2 Å². The van der Waals surface area contributed by atoms with Gasteiger partial charge in [-0.1, -0.05) is 36.2 Å². The second-order valence-corrected chi connectivity index (χ2v) is 10.4. The number of benzene rings is 1. The Labute approximate surface area is 238 Å². The van der Waals surface area contributed by atoms with Gasteiger partial charge in [0.15, 0.2) is 0 Å². The van der Waals surface area contributed by atoms with Crippen molar-refractivity contribution in [3.63, 3.8) is 0 Å². The van der Waals surface area contributed by atoms with Crippen LogP contribution in [0.15, 0.2) is 55.6 Å². The van der Waals surface area contributed by atoms with Crippen molar-refractivity contribution in [3.8, 4) is 0 Å². The van der Waals surface area contributed by atoms with Crippen LogP contribution in [0.1, 0.15) is 31.7 Å². The quantitative estimate of drug-likeness (QED) is 0.462. The van der Waals surface area contributed by atoms with E-state index in [4.69, 9.17) is 23.2 Å². The van der Waals surface area contributed by atoms with Crippen molar-refractivity contribution < 1.29 is 14.4 Å². The third-order valence-electron chi connectivity index (χ3n) is 6.92. The van der Waals surface area contributed by atoms with Crippen molar-refractivity contribution >= 4 is 41.0 Å². The number of halogens is 2. The molecule has 0 spiro atoms. The molecule has 2 aromatic heterocycles. The van der Waals surface area contributed by atoms with Gasteiger partial charge in [-0.2, -0.15) is 0 Å². The highest BCUT2D eigenvalue weighted by Gasteiger charge is 2.33. The van der Waals surface area contributed by atoms with Crippen molar-refractivity contribution in [3.05, 3.63) is 71.2 Å². The molecule has 4 heterocycles. The lowest BCUT2D eigenvalue weighted by molar-refractivity contribution is -0.143. The minimum absolute atomic E-state index is 0.0441. The molecule has 208 valence electrons. The SMILES string of the molecule is CCC(=O)N1CCN(C(=O)Cc2ccc(Cl)c(Cl)c2)C(CN2CCCC2)C1.O=C(n1ccnc1)n1ccnc1. The topological polar surface area (TPSA) is 96.6 Å². The molecule has 10 nitrogen and oxygen atoms in total. The Bertz CT molecular complexity index is 1210. The minimum Gasteiger partial charge on any atom is -0.339 e. The van der Waals surface area contributed by atoms with Gasteiger partial charge in [0, 0.05) is 57.4 Å². The number of aromatic nitrogens is 4. The Kier molecular flexibility index (Phi) is 10.1. The highest BCUT2D eigenvalue weighted by Crippen LogP contribution is 2.24. The molecular formula is C27H33Cl2N7O3. The minimum atomic E-state index is -0.190. The molecule has 2 aliphatic rings. The molecule has 39 heavy (non-hydrogen) atoms. The zero-order valence-corrected chi connectivity index (χ0v) is 23.5. The number of hydrogen-bond acceptors (Lipinski definition) is 6. The summed E-state index contributed by atoms with van der Waals surface area (Å²) in [7, 11) is 0. The van der Waals surface area contributed by atoms with E-state index in [1.54, 1.807) is 36.9 Å². The smallest absolute Gasteiger partial charge is 0.338 e. The molecule has 2 fully saturated rings. The molecule has 2 saturated heterocycles. The normalized spacial score (nSPS) is 17.6. The van der Waals surface area contributed by atoms with Crippen LogP contribution in [0.2, 0.25) is 10.0 Å². The van der Waals surface area contributed by atoms with Gasteiger partial charge in [0.25, 0.3) is 0 Å². The third kappa shape index (κ3) is 7.68. The standard InChI is InChI=1S/C20H27Cl2N3O2.C7H6N4O/c1-2-19(26)24-9-10-25(16(14-24)13-23-7-3-4-8-23)20(27)12-15-5-6-17(21)18(22)11-15;12-7(10-3-1-8-5-10)11-4-2-9-6-11/h5-6,11,16H,2-4,7-10,12-14H2,1H3;1-6H. The molecule has 1 aromatic carbocycles. The first-order valence-corrected chi connectivity index (χ1v) is 13.9. The molecule has 0 aliphatic carbocycles. The summed E-state index contributed by atoms with van der Waals surface area (Å²) in [6.07, 6.45) is 12.4. The molecule has 0 saturated carbocycles. The molecule has 1 unspecified atom stereocenters. The van der Waals surface area contributed by atoms with E-state index in [-0.39, 0.29) is 23.9 Å². The number of amides is 2. The average molecular weight is 575 g/mol. The number of rotatable bonds is 5. The maximum Gasteiger partial charge on any atom is 0.338 e. The summed E-state index contributed by atoms with van der Waals surface area (Å²) >= 11 is 12.1. The van der Waals surface area contributed by atoms with Crippen LogP contribution in [0.5, 0.6) is 0 Å². The van der Waals surface area contributed by atoms with Crippen LogP contribution in [0.4, 0.5) is 4.79 Å². The fraction of sp³-hybridized carbons (Fsp3) is 0.444. The van der Waals surface area contributed by atoms with Gasteiger partial charge in [-0.3, -0.25) is 18.7 Å². The maximum absolute atomic E-state index is 13.0. The van der Waals surface area contributed by atoms with Gasteiger partial charge in [-0.05, 0) is 43.6 Å². The molecule has 1 atom stereocenters. The van der Waals surface area contributed by atoms with Crippen molar-refractivity contribution in [2.75, 3.05) is 39.3 Å². The summed E-state index contributed by atoms with van der Waals surface area (Å²) in [6.45, 7) is 6.69. The number of hydrogen-bond donors (Lipinski definition) is 0. The van der Waals surface area contributed by atoms with Crippen LogP contribution in [0.3, 0.4) is 0 Å². The molecule has 2 amide bonds. The van der Waals surface area contributed by atoms with E-state index in [1.165, 1.54) is 34.6 Å². The van der Waals surface area contributed by atoms with Crippen molar-refractivity contribution in [2.45, 2.75) is 38.6 Å². The predicted molar refractivity (Wildman–Crippen MR) is 149 cm³/mol. The Morgan fingerprint density at radius 3 is 2.13 bits per heavy atom. The van der Waals surface area contributed by atoms with E-state index in [0.29, 0.717) is 42.5 Å². The first-order chi connectivity index (χ1) is 18.9. The Balaban J connectivity index is 0.000000243. The van der Waals surface area contributed by atoms with Crippen molar-refractivity contribution in [1.82, 2.24) is 33.8 Å². The molecule has 12 heteroatoms. The summed E-state index contributed by atoms with van der Waals surface area (Å²) in [6, 6.07) is 5.19. The molecule has 0 bridgehead atoms. The molecular weight excluding hydrogens is 541 g/mol. The largest absolute Gasteiger partial charge is 0.339 e. The van der Waals surface area contributed by atoms with E-state index < -0.39 is 0 Å². The number of nitrogens with zero attached hydrogens (tertiary/aromatic N) is 7. The van der Waals surface area contributed by atoms with Gasteiger partial charge in [0.1, 0.15) is 12.7 Å². The molecule has 3 aromatic rings. The van der Waals surface area contributed by atoms with Crippen LogP contribution in [-0.2, 0) is 16.0 Å². The van der Waals surface area contributed by atoms with E-state index in [0.717, 1.165) is 25.2 Å². The maximum atomic E-state index is 13.0. The second-order valence-electron chi connectivity index (χ2n) is 9.59. The first-order valence-electron chi connectivity index (χ1n) is 13.1. The first kappa shape index (κ1) is 28.8. The van der Waals surface area contributed by atoms with Crippen LogP contribution < -0.4 is 0 Å². The number of imidazole rings is 2. The van der Waals surface area contributed by atoms with Gasteiger partial charge in [-0.15, -0.1) is 0 Å². The van der Waals surface area contributed by atoms with Gasteiger partial charge in [0.2, 0.25) is 11.8 Å². The number of carbonyl (C=O) groups excluding carboxylic acids is 3. The lowest BCUT2D eigenvalue weighted by atomic mass is 10.1. The Morgan fingerprint density at radius 2 is 1.56 bits per heavy atom. The van der Waals surface area contributed by atoms with Gasteiger partial charge >= 0.3 is 6.03 Å². The monoisotopic (exact) mass is 573 g/mol. The van der Waals surface area contributed by atoms with E-state index in [1.807, 2.05) is 22.8 Å². The Morgan fingerprint density at radius 1 is 0.897 bits per heavy atom. The van der Waals surface area contributed by atoms with Crippen LogP contribution in [0, 0.1) is 0 Å². The third-order valence-corrected chi connectivity index (χ3v) is 7.65. The van der Waals surface area contributed by atoms with Crippen molar-refractivity contribution in [1.29, 1.82) is 0 Å². The van der Waals surface area contributed by atoms with Gasteiger partial charge in [0.05, 0.1) is 22.5 Å². The number of likely N-dealkylation sites (tertiary alicyclic amines) is 1. The fourth-order valence-electron chi connectivity index (χ4n) is 4.86. The molecule has 2 aliphatic heterocycles. The highest BCUT2D eigenvalue weighted by atomic mass is 35.5.